The molecule has 1 aliphatic heterocycles. The van der Waals surface area contributed by atoms with Crippen LogP contribution in [-0.4, -0.2) is 52.6 Å². The molecule has 11 heteroatoms. The molecule has 1 saturated heterocycles. The van der Waals surface area contributed by atoms with Gasteiger partial charge in [-0.2, -0.15) is 9.29 Å². The van der Waals surface area contributed by atoms with Crippen molar-refractivity contribution in [3.8, 4) is 10.7 Å². The maximum atomic E-state index is 13.1. The van der Waals surface area contributed by atoms with Gasteiger partial charge in [0.1, 0.15) is 6.04 Å². The third kappa shape index (κ3) is 4.40. The lowest BCUT2D eigenvalue weighted by atomic mass is 10.1. The molecular formula is C20H21N3O6S2. The fourth-order valence-corrected chi connectivity index (χ4v) is 5.68. The van der Waals surface area contributed by atoms with Crippen molar-refractivity contribution in [1.82, 2.24) is 14.4 Å². The van der Waals surface area contributed by atoms with E-state index in [1.54, 1.807) is 12.1 Å². The summed E-state index contributed by atoms with van der Waals surface area (Å²) in [5.41, 5.74) is 1.77. The first kappa shape index (κ1) is 21.6. The molecule has 0 spiro atoms. The average Bonchev–Trinajstić information content (AvgIpc) is 3.48. The van der Waals surface area contributed by atoms with Crippen LogP contribution in [0.4, 0.5) is 0 Å². The van der Waals surface area contributed by atoms with Gasteiger partial charge in [-0.1, -0.05) is 17.3 Å². The summed E-state index contributed by atoms with van der Waals surface area (Å²) >= 11 is 1.44. The Hall–Kier alpha value is -2.60. The van der Waals surface area contributed by atoms with Crippen LogP contribution < -0.4 is 0 Å². The van der Waals surface area contributed by atoms with Gasteiger partial charge in [-0.05, 0) is 48.6 Å². The number of rotatable bonds is 6. The first-order chi connectivity index (χ1) is 14.8. The third-order valence-electron chi connectivity index (χ3n) is 5.14. The highest BCUT2D eigenvalue weighted by Crippen LogP contribution is 2.28. The van der Waals surface area contributed by atoms with Crippen molar-refractivity contribution in [2.45, 2.75) is 43.9 Å². The Morgan fingerprint density at radius 2 is 2.13 bits per heavy atom. The molecule has 164 valence electrons. The summed E-state index contributed by atoms with van der Waals surface area (Å²) in [6, 6.07) is 7.31. The average molecular weight is 464 g/mol. The van der Waals surface area contributed by atoms with Gasteiger partial charge in [0.05, 0.1) is 15.9 Å². The lowest BCUT2D eigenvalue weighted by molar-refractivity contribution is -0.149. The number of nitrogens with zero attached hydrogens (tertiary/aromatic N) is 3. The molecule has 2 aromatic heterocycles. The molecule has 0 bridgehead atoms. The molecule has 1 aromatic carbocycles. The van der Waals surface area contributed by atoms with Crippen molar-refractivity contribution >= 4 is 27.3 Å². The van der Waals surface area contributed by atoms with E-state index in [-0.39, 0.29) is 30.4 Å². The fraction of sp³-hybridized carbons (Fsp3) is 0.350. The molecule has 3 aromatic rings. The normalized spacial score (nSPS) is 19.6. The number of esters is 1. The van der Waals surface area contributed by atoms with Crippen molar-refractivity contribution in [2.24, 2.45) is 0 Å². The summed E-state index contributed by atoms with van der Waals surface area (Å²) in [5, 5.41) is 15.8. The number of aliphatic hydroxyl groups is 1. The van der Waals surface area contributed by atoms with E-state index in [0.717, 1.165) is 20.3 Å². The maximum Gasteiger partial charge on any atom is 0.325 e. The Balaban J connectivity index is 1.48. The first-order valence-corrected chi connectivity index (χ1v) is 11.9. The quantitative estimate of drug-likeness (QED) is 0.553. The number of hydrogen-bond donors (Lipinski definition) is 1. The van der Waals surface area contributed by atoms with Gasteiger partial charge in [0.15, 0.2) is 6.61 Å². The van der Waals surface area contributed by atoms with E-state index in [0.29, 0.717) is 5.82 Å². The second-order valence-electron chi connectivity index (χ2n) is 7.32. The van der Waals surface area contributed by atoms with E-state index in [1.165, 1.54) is 17.4 Å². The number of carbonyl (C=O) groups excluding carboxylic acids is 1. The second kappa shape index (κ2) is 8.50. The molecule has 1 N–H and O–H groups in total. The Kier molecular flexibility index (Phi) is 5.93. The number of carbonyl (C=O) groups is 1. The molecule has 0 saturated carbocycles. The van der Waals surface area contributed by atoms with E-state index in [9.17, 15) is 18.3 Å². The molecule has 4 rings (SSSR count). The summed E-state index contributed by atoms with van der Waals surface area (Å²) in [6.07, 6.45) is -1.01. The van der Waals surface area contributed by atoms with Crippen LogP contribution in [0.15, 0.2) is 45.1 Å². The van der Waals surface area contributed by atoms with Crippen molar-refractivity contribution < 1.29 is 27.6 Å². The number of hydrogen-bond acceptors (Lipinski definition) is 9. The zero-order chi connectivity index (χ0) is 22.2. The van der Waals surface area contributed by atoms with Crippen molar-refractivity contribution in [1.29, 1.82) is 0 Å². The molecule has 1 unspecified atom stereocenters. The van der Waals surface area contributed by atoms with Gasteiger partial charge < -0.3 is 14.4 Å². The Morgan fingerprint density at radius 1 is 1.32 bits per heavy atom. The van der Waals surface area contributed by atoms with Gasteiger partial charge in [0.2, 0.25) is 15.8 Å². The monoisotopic (exact) mass is 463 g/mol. The van der Waals surface area contributed by atoms with Crippen LogP contribution in [-0.2, 0) is 26.2 Å². The van der Waals surface area contributed by atoms with Crippen LogP contribution in [0.2, 0.25) is 0 Å². The number of aliphatic hydroxyl groups excluding tert-OH is 1. The maximum absolute atomic E-state index is 13.1. The molecule has 1 aliphatic rings. The van der Waals surface area contributed by atoms with Gasteiger partial charge in [-0.3, -0.25) is 4.79 Å². The summed E-state index contributed by atoms with van der Waals surface area (Å²) in [6.45, 7) is 3.22. The lowest BCUT2D eigenvalue weighted by Crippen LogP contribution is -2.41. The number of ether oxygens (including phenoxy) is 1. The van der Waals surface area contributed by atoms with E-state index >= 15 is 0 Å². The summed E-state index contributed by atoms with van der Waals surface area (Å²) < 4.78 is 37.6. The summed E-state index contributed by atoms with van der Waals surface area (Å²) in [7, 11) is -3.99. The van der Waals surface area contributed by atoms with Crippen LogP contribution in [0.1, 0.15) is 23.4 Å². The Morgan fingerprint density at radius 3 is 2.84 bits per heavy atom. The van der Waals surface area contributed by atoms with E-state index < -0.39 is 28.1 Å². The standard InChI is InChI=1S/C20H21N3O6S2/c1-12-5-6-15(8-13(12)2)31(26,27)23-10-14(24)9-16(23)20(25)28-11-18-21-19(22-29-18)17-4-3-7-30-17/h3-8,14,16,24H,9-11H2,1-2H3/t14?,16-/m0/s1. The molecule has 0 amide bonds. The van der Waals surface area contributed by atoms with Crippen molar-refractivity contribution in [2.75, 3.05) is 6.54 Å². The molecule has 9 nitrogen and oxygen atoms in total. The Labute approximate surface area is 183 Å². The third-order valence-corrected chi connectivity index (χ3v) is 7.87. The van der Waals surface area contributed by atoms with E-state index in [4.69, 9.17) is 9.26 Å². The van der Waals surface area contributed by atoms with Gasteiger partial charge in [-0.25, -0.2) is 8.42 Å². The highest BCUT2D eigenvalue weighted by molar-refractivity contribution is 7.89. The topological polar surface area (TPSA) is 123 Å². The fourth-order valence-electron chi connectivity index (χ4n) is 3.32. The van der Waals surface area contributed by atoms with Crippen LogP contribution in [0, 0.1) is 13.8 Å². The van der Waals surface area contributed by atoms with Crippen molar-refractivity contribution in [3.05, 3.63) is 52.7 Å². The first-order valence-electron chi connectivity index (χ1n) is 9.56. The molecule has 31 heavy (non-hydrogen) atoms. The molecule has 0 radical (unpaired) electrons. The predicted molar refractivity (Wildman–Crippen MR) is 112 cm³/mol. The van der Waals surface area contributed by atoms with E-state index in [1.807, 2.05) is 31.4 Å². The van der Waals surface area contributed by atoms with Crippen LogP contribution in [0.25, 0.3) is 10.7 Å². The van der Waals surface area contributed by atoms with Gasteiger partial charge in [-0.15, -0.1) is 11.3 Å². The zero-order valence-corrected chi connectivity index (χ0v) is 18.5. The number of aryl methyl sites for hydroxylation is 2. The van der Waals surface area contributed by atoms with Crippen LogP contribution in [0.5, 0.6) is 0 Å². The van der Waals surface area contributed by atoms with E-state index in [2.05, 4.69) is 10.1 Å². The van der Waals surface area contributed by atoms with Gasteiger partial charge >= 0.3 is 5.97 Å². The lowest BCUT2D eigenvalue weighted by Gasteiger charge is -2.22. The minimum atomic E-state index is -3.99. The number of thiophene rings is 1. The van der Waals surface area contributed by atoms with Gasteiger partial charge in [0.25, 0.3) is 5.89 Å². The number of sulfonamides is 1. The molecule has 3 heterocycles. The molecule has 2 atom stereocenters. The second-order valence-corrected chi connectivity index (χ2v) is 10.2. The molecule has 1 fully saturated rings. The Bertz CT molecular complexity index is 1190. The zero-order valence-electron chi connectivity index (χ0n) is 16.9. The van der Waals surface area contributed by atoms with Gasteiger partial charge in [0, 0.05) is 13.0 Å². The predicted octanol–water partition coefficient (Wildman–Crippen LogP) is 2.28. The number of benzene rings is 1. The highest BCUT2D eigenvalue weighted by atomic mass is 32.2. The molecule has 0 aliphatic carbocycles. The largest absolute Gasteiger partial charge is 0.454 e. The number of β-amino-alcohol motifs (C(OH)–C–C–N with tert-alkyl or cyclic N) is 1. The summed E-state index contributed by atoms with van der Waals surface area (Å²) in [5.74, 6) is -0.296. The minimum absolute atomic E-state index is 0.0484. The smallest absolute Gasteiger partial charge is 0.325 e. The summed E-state index contributed by atoms with van der Waals surface area (Å²) in [4.78, 5) is 17.7. The molecular weight excluding hydrogens is 442 g/mol. The SMILES string of the molecule is Cc1ccc(S(=O)(=O)N2CC(O)C[C@H]2C(=O)OCc2nc(-c3cccs3)no2)cc1C. The van der Waals surface area contributed by atoms with Crippen LogP contribution in [0.3, 0.4) is 0 Å². The number of aromatic nitrogens is 2. The van der Waals surface area contributed by atoms with Crippen LogP contribution >= 0.6 is 11.3 Å². The van der Waals surface area contributed by atoms with Crippen molar-refractivity contribution in [3.63, 3.8) is 0 Å². The minimum Gasteiger partial charge on any atom is -0.454 e. The highest BCUT2D eigenvalue weighted by Gasteiger charge is 2.44.